The fourth-order valence-electron chi connectivity index (χ4n) is 3.12. The summed E-state index contributed by atoms with van der Waals surface area (Å²) in [6, 6.07) is 12.8. The molecule has 3 rings (SSSR count). The summed E-state index contributed by atoms with van der Waals surface area (Å²) >= 11 is 5.89. The maximum atomic E-state index is 12.4. The molecule has 2 aromatic rings. The molecule has 1 aliphatic heterocycles. The van der Waals surface area contributed by atoms with Crippen molar-refractivity contribution in [3.63, 3.8) is 0 Å². The Morgan fingerprint density at radius 1 is 1.14 bits per heavy atom. The highest BCUT2D eigenvalue weighted by Gasteiger charge is 2.30. The molecule has 1 aliphatic rings. The maximum absolute atomic E-state index is 12.4. The second-order valence-corrected chi connectivity index (χ2v) is 9.66. The van der Waals surface area contributed by atoms with Crippen LogP contribution in [0.5, 0.6) is 0 Å². The van der Waals surface area contributed by atoms with Gasteiger partial charge in [0.05, 0.1) is 4.90 Å². The van der Waals surface area contributed by atoms with Gasteiger partial charge in [0.15, 0.2) is 0 Å². The first-order valence-electron chi connectivity index (χ1n) is 9.05. The normalized spacial score (nSPS) is 17.0. The van der Waals surface area contributed by atoms with E-state index in [9.17, 15) is 18.0 Å². The molecule has 0 saturated carbocycles. The Morgan fingerprint density at radius 3 is 2.34 bits per heavy atom. The molecule has 0 radical (unpaired) electrons. The van der Waals surface area contributed by atoms with Gasteiger partial charge in [0, 0.05) is 55.8 Å². The quantitative estimate of drug-likeness (QED) is 0.754. The highest BCUT2D eigenvalue weighted by Crippen LogP contribution is 2.26. The zero-order valence-corrected chi connectivity index (χ0v) is 17.7. The van der Waals surface area contributed by atoms with Gasteiger partial charge in [-0.15, -0.1) is 0 Å². The van der Waals surface area contributed by atoms with E-state index in [1.165, 1.54) is 38.4 Å². The molecule has 2 aromatic carbocycles. The topological polar surface area (TPSA) is 86.8 Å². The number of benzene rings is 2. The number of carbonyl (C=O) groups excluding carboxylic acids is 2. The van der Waals surface area contributed by atoms with Crippen LogP contribution in [-0.2, 0) is 14.8 Å². The minimum absolute atomic E-state index is 0.00415. The molecule has 0 spiro atoms. The molecule has 7 nitrogen and oxygen atoms in total. The predicted octanol–water partition coefficient (Wildman–Crippen LogP) is 2.37. The smallest absolute Gasteiger partial charge is 0.251 e. The Morgan fingerprint density at radius 2 is 1.76 bits per heavy atom. The van der Waals surface area contributed by atoms with Crippen LogP contribution in [0.3, 0.4) is 0 Å². The summed E-state index contributed by atoms with van der Waals surface area (Å²) in [7, 11) is -0.635. The monoisotopic (exact) mass is 435 g/mol. The number of hydrogen-bond donors (Lipinski definition) is 1. The molecule has 1 N–H and O–H groups in total. The number of halogens is 1. The average molecular weight is 436 g/mol. The van der Waals surface area contributed by atoms with Crippen molar-refractivity contribution in [1.29, 1.82) is 0 Å². The summed E-state index contributed by atoms with van der Waals surface area (Å²) < 4.78 is 25.3. The number of nitrogens with zero attached hydrogens (tertiary/aromatic N) is 2. The van der Waals surface area contributed by atoms with Crippen molar-refractivity contribution in [3.05, 3.63) is 59.1 Å². The fraction of sp³-hybridized carbons (Fsp3) is 0.300. The number of sulfonamides is 1. The first-order chi connectivity index (χ1) is 13.7. The van der Waals surface area contributed by atoms with Gasteiger partial charge in [-0.3, -0.25) is 9.59 Å². The van der Waals surface area contributed by atoms with E-state index in [-0.39, 0.29) is 22.6 Å². The number of carbonyl (C=O) groups is 2. The summed E-state index contributed by atoms with van der Waals surface area (Å²) in [6.45, 7) is 0.868. The summed E-state index contributed by atoms with van der Waals surface area (Å²) in [5.74, 6) is -0.309. The lowest BCUT2D eigenvalue weighted by molar-refractivity contribution is -0.117. The molecule has 9 heteroatoms. The molecule has 1 saturated heterocycles. The SMILES string of the molecule is CN(C)S(=O)(=O)c1ccc(C(=O)NCC2CC(=O)N(c3ccc(Cl)cc3)C2)cc1. The van der Waals surface area contributed by atoms with Crippen molar-refractivity contribution in [2.24, 2.45) is 5.92 Å². The van der Waals surface area contributed by atoms with E-state index in [0.29, 0.717) is 30.1 Å². The van der Waals surface area contributed by atoms with E-state index in [1.54, 1.807) is 29.2 Å². The van der Waals surface area contributed by atoms with Crippen molar-refractivity contribution in [1.82, 2.24) is 9.62 Å². The van der Waals surface area contributed by atoms with Gasteiger partial charge in [-0.25, -0.2) is 12.7 Å². The fourth-order valence-corrected chi connectivity index (χ4v) is 4.14. The molecule has 29 heavy (non-hydrogen) atoms. The van der Waals surface area contributed by atoms with Gasteiger partial charge in [0.25, 0.3) is 5.91 Å². The lowest BCUT2D eigenvalue weighted by Crippen LogP contribution is -2.31. The van der Waals surface area contributed by atoms with Gasteiger partial charge < -0.3 is 10.2 Å². The van der Waals surface area contributed by atoms with Crippen molar-refractivity contribution < 1.29 is 18.0 Å². The van der Waals surface area contributed by atoms with Crippen LogP contribution >= 0.6 is 11.6 Å². The lowest BCUT2D eigenvalue weighted by atomic mass is 10.1. The van der Waals surface area contributed by atoms with Crippen LogP contribution in [0.4, 0.5) is 5.69 Å². The van der Waals surface area contributed by atoms with Crippen LogP contribution in [0.15, 0.2) is 53.4 Å². The van der Waals surface area contributed by atoms with Crippen molar-refractivity contribution in [2.45, 2.75) is 11.3 Å². The molecule has 0 aromatic heterocycles. The first-order valence-corrected chi connectivity index (χ1v) is 10.9. The highest BCUT2D eigenvalue weighted by molar-refractivity contribution is 7.89. The van der Waals surface area contributed by atoms with Gasteiger partial charge in [-0.1, -0.05) is 11.6 Å². The van der Waals surface area contributed by atoms with Gasteiger partial charge in [-0.05, 0) is 48.5 Å². The third kappa shape index (κ3) is 4.77. The van der Waals surface area contributed by atoms with Crippen LogP contribution in [0.1, 0.15) is 16.8 Å². The number of anilines is 1. The Hall–Kier alpha value is -2.42. The Bertz CT molecular complexity index is 1010. The highest BCUT2D eigenvalue weighted by atomic mass is 35.5. The van der Waals surface area contributed by atoms with Crippen LogP contribution < -0.4 is 10.2 Å². The second-order valence-electron chi connectivity index (χ2n) is 7.07. The van der Waals surface area contributed by atoms with Crippen LogP contribution in [0.25, 0.3) is 0 Å². The molecule has 1 unspecified atom stereocenters. The molecule has 1 fully saturated rings. The Labute approximate surface area is 175 Å². The van der Waals surface area contributed by atoms with Gasteiger partial charge in [-0.2, -0.15) is 0 Å². The van der Waals surface area contributed by atoms with Crippen LogP contribution in [0, 0.1) is 5.92 Å². The summed E-state index contributed by atoms with van der Waals surface area (Å²) in [4.78, 5) is 26.5. The minimum atomic E-state index is -3.54. The summed E-state index contributed by atoms with van der Waals surface area (Å²) in [6.07, 6.45) is 0.350. The lowest BCUT2D eigenvalue weighted by Gasteiger charge is -2.17. The Balaban J connectivity index is 1.58. The number of rotatable bonds is 6. The van der Waals surface area contributed by atoms with Gasteiger partial charge in [0.2, 0.25) is 15.9 Å². The minimum Gasteiger partial charge on any atom is -0.352 e. The number of nitrogens with one attached hydrogen (secondary N) is 1. The summed E-state index contributed by atoms with van der Waals surface area (Å²) in [5, 5.41) is 3.43. The second kappa shape index (κ2) is 8.52. The van der Waals surface area contributed by atoms with Gasteiger partial charge >= 0.3 is 0 Å². The van der Waals surface area contributed by atoms with E-state index in [0.717, 1.165) is 9.99 Å². The van der Waals surface area contributed by atoms with E-state index in [1.807, 2.05) is 0 Å². The van der Waals surface area contributed by atoms with Crippen molar-refractivity contribution in [3.8, 4) is 0 Å². The Kier molecular flexibility index (Phi) is 6.26. The van der Waals surface area contributed by atoms with Crippen molar-refractivity contribution in [2.75, 3.05) is 32.1 Å². The largest absolute Gasteiger partial charge is 0.352 e. The first kappa shape index (κ1) is 21.3. The zero-order chi connectivity index (χ0) is 21.2. The average Bonchev–Trinajstić information content (AvgIpc) is 3.07. The molecular weight excluding hydrogens is 414 g/mol. The molecular formula is C20H22ClN3O4S. The van der Waals surface area contributed by atoms with Crippen molar-refractivity contribution >= 4 is 39.1 Å². The van der Waals surface area contributed by atoms with Gasteiger partial charge in [0.1, 0.15) is 0 Å². The molecule has 154 valence electrons. The molecule has 1 heterocycles. The third-order valence-electron chi connectivity index (χ3n) is 4.79. The van der Waals surface area contributed by atoms with E-state index in [4.69, 9.17) is 11.6 Å². The summed E-state index contributed by atoms with van der Waals surface area (Å²) in [5.41, 5.74) is 1.15. The van der Waals surface area contributed by atoms with Crippen LogP contribution in [0.2, 0.25) is 5.02 Å². The molecule has 0 aliphatic carbocycles. The molecule has 2 amide bonds. The third-order valence-corrected chi connectivity index (χ3v) is 6.87. The maximum Gasteiger partial charge on any atom is 0.251 e. The standard InChI is InChI=1S/C20H22ClN3O4S/c1-23(2)29(27,28)18-9-3-15(4-10-18)20(26)22-12-14-11-19(25)24(13-14)17-7-5-16(21)6-8-17/h3-10,14H,11-13H2,1-2H3,(H,22,26). The van der Waals surface area contributed by atoms with E-state index in [2.05, 4.69) is 5.32 Å². The predicted molar refractivity (Wildman–Crippen MR) is 112 cm³/mol. The zero-order valence-electron chi connectivity index (χ0n) is 16.1. The molecule has 0 bridgehead atoms. The number of amides is 2. The van der Waals surface area contributed by atoms with E-state index < -0.39 is 10.0 Å². The number of hydrogen-bond acceptors (Lipinski definition) is 4. The molecule has 1 atom stereocenters. The van der Waals surface area contributed by atoms with E-state index >= 15 is 0 Å². The van der Waals surface area contributed by atoms with Crippen LogP contribution in [-0.4, -0.2) is 51.7 Å².